The molecule has 2 aromatic carbocycles. The molecule has 1 fully saturated rings. The van der Waals surface area contributed by atoms with E-state index in [1.165, 1.54) is 27.8 Å². The number of carbonyl (C=O) groups is 2. The number of ketones is 1. The summed E-state index contributed by atoms with van der Waals surface area (Å²) in [4.78, 5) is 26.0. The number of carbonyl (C=O) groups excluding carboxylic acids is 2. The predicted molar refractivity (Wildman–Crippen MR) is 147 cm³/mol. The van der Waals surface area contributed by atoms with E-state index in [0.29, 0.717) is 29.2 Å². The summed E-state index contributed by atoms with van der Waals surface area (Å²) in [5.74, 6) is -0.169. The first-order chi connectivity index (χ1) is 17.7. The maximum Gasteiger partial charge on any atom is 0.341 e. The maximum atomic E-state index is 13.3. The highest BCUT2D eigenvalue weighted by Crippen LogP contribution is 2.36. The van der Waals surface area contributed by atoms with Crippen molar-refractivity contribution in [3.05, 3.63) is 71.1 Å². The molecule has 37 heavy (non-hydrogen) atoms. The summed E-state index contributed by atoms with van der Waals surface area (Å²) >= 11 is 1.32. The van der Waals surface area contributed by atoms with Crippen molar-refractivity contribution in [3.63, 3.8) is 0 Å². The molecule has 0 radical (unpaired) electrons. The molecule has 2 heterocycles. The normalized spacial score (nSPS) is 18.4. The van der Waals surface area contributed by atoms with E-state index in [1.54, 1.807) is 19.1 Å². The van der Waals surface area contributed by atoms with Gasteiger partial charge < -0.3 is 10.1 Å². The molecule has 4 rings (SSSR count). The Balaban J connectivity index is 1.53. The van der Waals surface area contributed by atoms with Gasteiger partial charge in [0.2, 0.25) is 10.0 Å². The number of anilines is 1. The second-order valence-electron chi connectivity index (χ2n) is 9.51. The van der Waals surface area contributed by atoms with Crippen molar-refractivity contribution in [1.82, 2.24) is 4.31 Å². The molecule has 196 valence electrons. The van der Waals surface area contributed by atoms with Crippen molar-refractivity contribution in [3.8, 4) is 11.1 Å². The maximum absolute atomic E-state index is 13.3. The third-order valence-corrected chi connectivity index (χ3v) is 9.16. The van der Waals surface area contributed by atoms with Crippen LogP contribution in [0.25, 0.3) is 11.1 Å². The summed E-state index contributed by atoms with van der Waals surface area (Å²) < 4.78 is 33.4. The van der Waals surface area contributed by atoms with Gasteiger partial charge in [0.15, 0.2) is 5.78 Å². The zero-order valence-corrected chi connectivity index (χ0v) is 22.9. The van der Waals surface area contributed by atoms with Gasteiger partial charge >= 0.3 is 5.97 Å². The summed E-state index contributed by atoms with van der Waals surface area (Å²) in [5.41, 5.74) is 2.29. The van der Waals surface area contributed by atoms with Crippen LogP contribution in [0.4, 0.5) is 5.00 Å². The molecule has 1 saturated heterocycles. The van der Waals surface area contributed by atoms with E-state index in [-0.39, 0.29) is 35.7 Å². The number of benzene rings is 2. The molecular formula is C28H32N2O5S2. The van der Waals surface area contributed by atoms with Gasteiger partial charge in [-0.15, -0.1) is 11.3 Å². The number of rotatable bonds is 9. The number of ether oxygens (including phenoxy) is 1. The number of sulfonamides is 1. The molecule has 9 heteroatoms. The Morgan fingerprint density at radius 3 is 2.43 bits per heavy atom. The van der Waals surface area contributed by atoms with Gasteiger partial charge in [-0.1, -0.05) is 56.3 Å². The Labute approximate surface area is 222 Å². The van der Waals surface area contributed by atoms with Crippen molar-refractivity contribution in [2.45, 2.75) is 32.1 Å². The molecule has 7 nitrogen and oxygen atoms in total. The van der Waals surface area contributed by atoms with Gasteiger partial charge in [-0.2, -0.15) is 4.31 Å². The zero-order valence-electron chi connectivity index (χ0n) is 21.3. The Morgan fingerprint density at radius 2 is 1.76 bits per heavy atom. The van der Waals surface area contributed by atoms with Gasteiger partial charge in [0.1, 0.15) is 10.6 Å². The van der Waals surface area contributed by atoms with E-state index >= 15 is 0 Å². The van der Waals surface area contributed by atoms with Gasteiger partial charge in [-0.3, -0.25) is 4.79 Å². The molecule has 0 amide bonds. The van der Waals surface area contributed by atoms with E-state index in [4.69, 9.17) is 4.74 Å². The quantitative estimate of drug-likeness (QED) is 0.282. The number of Topliss-reactive ketones (excluding diaryl/α,β-unsaturated/α-hetero) is 1. The van der Waals surface area contributed by atoms with Crippen LogP contribution in [0, 0.1) is 11.8 Å². The molecule has 1 aliphatic heterocycles. The van der Waals surface area contributed by atoms with Gasteiger partial charge in [-0.25, -0.2) is 13.2 Å². The van der Waals surface area contributed by atoms with Gasteiger partial charge in [0.05, 0.1) is 18.0 Å². The number of piperidine rings is 1. The fraction of sp³-hybridized carbons (Fsp3) is 0.357. The first kappa shape index (κ1) is 27.0. The lowest BCUT2D eigenvalue weighted by Crippen LogP contribution is -2.42. The second kappa shape index (κ2) is 11.6. The second-order valence-corrected chi connectivity index (χ2v) is 12.3. The van der Waals surface area contributed by atoms with E-state index in [1.807, 2.05) is 35.7 Å². The highest BCUT2D eigenvalue weighted by atomic mass is 32.2. The van der Waals surface area contributed by atoms with Gasteiger partial charge in [0.25, 0.3) is 0 Å². The van der Waals surface area contributed by atoms with Crippen molar-refractivity contribution >= 4 is 38.1 Å². The predicted octanol–water partition coefficient (Wildman–Crippen LogP) is 5.55. The van der Waals surface area contributed by atoms with Crippen molar-refractivity contribution in [2.24, 2.45) is 11.8 Å². The summed E-state index contributed by atoms with van der Waals surface area (Å²) in [6.07, 6.45) is 0.999. The average Bonchev–Trinajstić information content (AvgIpc) is 3.31. The number of nitrogens with zero attached hydrogens (tertiary/aromatic N) is 1. The molecule has 2 unspecified atom stereocenters. The molecule has 1 aliphatic rings. The minimum absolute atomic E-state index is 0.0948. The summed E-state index contributed by atoms with van der Waals surface area (Å²) in [7, 11) is -3.70. The van der Waals surface area contributed by atoms with Crippen LogP contribution >= 0.6 is 11.3 Å². The number of thiophene rings is 1. The van der Waals surface area contributed by atoms with Crippen LogP contribution in [-0.4, -0.2) is 50.7 Å². The third-order valence-electron chi connectivity index (χ3n) is 6.39. The monoisotopic (exact) mass is 540 g/mol. The van der Waals surface area contributed by atoms with Crippen LogP contribution in [0.1, 0.15) is 47.9 Å². The lowest BCUT2D eigenvalue weighted by atomic mass is 9.94. The standard InChI is InChI=1S/C28H32N2O5S2/c1-4-35-28(32)26-24(21-9-6-5-7-10-21)18-36-27(26)29-15-25(31)22-11-8-12-23(14-22)37(33,34)30-16-19(2)13-20(3)17-30/h5-12,14,18-20,29H,4,13,15-17H2,1-3H3. The van der Waals surface area contributed by atoms with E-state index < -0.39 is 16.0 Å². The van der Waals surface area contributed by atoms with E-state index in [9.17, 15) is 18.0 Å². The molecule has 0 saturated carbocycles. The number of nitrogens with one attached hydrogen (secondary N) is 1. The molecule has 1 aromatic heterocycles. The Hall–Kier alpha value is -3.01. The lowest BCUT2D eigenvalue weighted by Gasteiger charge is -2.34. The third kappa shape index (κ3) is 6.11. The summed E-state index contributed by atoms with van der Waals surface area (Å²) in [6.45, 7) is 6.95. The van der Waals surface area contributed by atoms with E-state index in [0.717, 1.165) is 17.5 Å². The van der Waals surface area contributed by atoms with Crippen LogP contribution in [0.5, 0.6) is 0 Å². The largest absolute Gasteiger partial charge is 0.462 e. The molecule has 3 aromatic rings. The van der Waals surface area contributed by atoms with E-state index in [2.05, 4.69) is 19.2 Å². The lowest BCUT2D eigenvalue weighted by molar-refractivity contribution is 0.0528. The van der Waals surface area contributed by atoms with Crippen molar-refractivity contribution < 1.29 is 22.7 Å². The molecule has 2 atom stereocenters. The fourth-order valence-corrected chi connectivity index (χ4v) is 7.45. The topological polar surface area (TPSA) is 92.8 Å². The molecule has 0 bridgehead atoms. The van der Waals surface area contributed by atoms with Crippen LogP contribution in [0.3, 0.4) is 0 Å². The van der Waals surface area contributed by atoms with Crippen LogP contribution < -0.4 is 5.32 Å². The Kier molecular flexibility index (Phi) is 8.46. The number of hydrogen-bond donors (Lipinski definition) is 1. The molecule has 0 aliphatic carbocycles. The Morgan fingerprint density at radius 1 is 1.05 bits per heavy atom. The highest BCUT2D eigenvalue weighted by molar-refractivity contribution is 7.89. The highest BCUT2D eigenvalue weighted by Gasteiger charge is 2.32. The average molecular weight is 541 g/mol. The smallest absolute Gasteiger partial charge is 0.341 e. The number of hydrogen-bond acceptors (Lipinski definition) is 7. The molecule has 0 spiro atoms. The SMILES string of the molecule is CCOC(=O)c1c(-c2ccccc2)csc1NCC(=O)c1cccc(S(=O)(=O)N2CC(C)CC(C)C2)c1. The minimum atomic E-state index is -3.70. The van der Waals surface area contributed by atoms with Crippen LogP contribution in [0.15, 0.2) is 64.9 Å². The van der Waals surface area contributed by atoms with Crippen molar-refractivity contribution in [1.29, 1.82) is 0 Å². The Bertz CT molecular complexity index is 1360. The summed E-state index contributed by atoms with van der Waals surface area (Å²) in [5, 5.41) is 5.48. The fourth-order valence-electron chi connectivity index (χ4n) is 4.77. The molecule has 1 N–H and O–H groups in total. The van der Waals surface area contributed by atoms with Crippen molar-refractivity contribution in [2.75, 3.05) is 31.6 Å². The van der Waals surface area contributed by atoms with Crippen LogP contribution in [0.2, 0.25) is 0 Å². The molecular weight excluding hydrogens is 508 g/mol. The first-order valence-electron chi connectivity index (χ1n) is 12.4. The minimum Gasteiger partial charge on any atom is -0.462 e. The van der Waals surface area contributed by atoms with Gasteiger partial charge in [-0.05, 0) is 42.9 Å². The van der Waals surface area contributed by atoms with Gasteiger partial charge in [0, 0.05) is 29.6 Å². The first-order valence-corrected chi connectivity index (χ1v) is 14.7. The van der Waals surface area contributed by atoms with Crippen LogP contribution in [-0.2, 0) is 14.8 Å². The zero-order chi connectivity index (χ0) is 26.6. The number of esters is 1. The summed E-state index contributed by atoms with van der Waals surface area (Å²) in [6, 6.07) is 15.7.